The van der Waals surface area contributed by atoms with Crippen LogP contribution in [0.1, 0.15) is 24.8 Å². The fraction of sp³-hybridized carbons (Fsp3) is 0.500. The summed E-state index contributed by atoms with van der Waals surface area (Å²) in [5, 5.41) is 3.33. The molecule has 1 heterocycles. The highest BCUT2D eigenvalue weighted by Gasteiger charge is 2.17. The van der Waals surface area contributed by atoms with E-state index in [0.717, 1.165) is 42.4 Å². The molecule has 2 nitrogen and oxygen atoms in total. The molecule has 1 aliphatic rings. The zero-order valence-electron chi connectivity index (χ0n) is 9.92. The molecule has 92 valence electrons. The number of ketones is 1. The number of Topliss-reactive ketones (excluding diaryl/α,β-unsaturated/α-hetero) is 1. The molecule has 1 fully saturated rings. The molecule has 1 aliphatic heterocycles. The zero-order chi connectivity index (χ0) is 12.1. The average Bonchev–Trinajstić information content (AvgIpc) is 2.33. The summed E-state index contributed by atoms with van der Waals surface area (Å²) in [7, 11) is 0. The van der Waals surface area contributed by atoms with Crippen LogP contribution in [0.3, 0.4) is 0 Å². The second-order valence-electron chi connectivity index (χ2n) is 4.70. The van der Waals surface area contributed by atoms with Gasteiger partial charge in [0.1, 0.15) is 5.78 Å². The maximum atomic E-state index is 12.0. The third-order valence-corrected chi connectivity index (χ3v) is 4.09. The quantitative estimate of drug-likeness (QED) is 0.925. The lowest BCUT2D eigenvalue weighted by atomic mass is 9.91. The van der Waals surface area contributed by atoms with Crippen LogP contribution < -0.4 is 5.32 Å². The molecule has 17 heavy (non-hydrogen) atoms. The first-order valence-corrected chi connectivity index (χ1v) is 7.01. The van der Waals surface area contributed by atoms with E-state index >= 15 is 0 Å². The third kappa shape index (κ3) is 3.93. The van der Waals surface area contributed by atoms with Crippen molar-refractivity contribution in [1.82, 2.24) is 5.32 Å². The van der Waals surface area contributed by atoms with Gasteiger partial charge in [-0.05, 0) is 43.5 Å². The van der Waals surface area contributed by atoms with Gasteiger partial charge in [0.05, 0.1) is 0 Å². The van der Waals surface area contributed by atoms with Gasteiger partial charge in [-0.2, -0.15) is 0 Å². The highest BCUT2D eigenvalue weighted by Crippen LogP contribution is 2.20. The van der Waals surface area contributed by atoms with Gasteiger partial charge in [0.15, 0.2) is 0 Å². The van der Waals surface area contributed by atoms with Gasteiger partial charge in [0, 0.05) is 17.3 Å². The molecule has 2 rings (SSSR count). The van der Waals surface area contributed by atoms with Crippen molar-refractivity contribution in [3.63, 3.8) is 0 Å². The largest absolute Gasteiger partial charge is 0.317 e. The Hall–Kier alpha value is -0.670. The number of piperidine rings is 1. The first kappa shape index (κ1) is 12.8. The van der Waals surface area contributed by atoms with Crippen molar-refractivity contribution in [3.8, 4) is 0 Å². The van der Waals surface area contributed by atoms with Crippen LogP contribution in [-0.2, 0) is 11.2 Å². The van der Waals surface area contributed by atoms with E-state index in [4.69, 9.17) is 0 Å². The Balaban J connectivity index is 1.86. The van der Waals surface area contributed by atoms with Crippen molar-refractivity contribution >= 4 is 21.7 Å². The smallest absolute Gasteiger partial charge is 0.137 e. The molecule has 1 aromatic carbocycles. The Morgan fingerprint density at radius 2 is 2.00 bits per heavy atom. The molecule has 1 saturated heterocycles. The second-order valence-corrected chi connectivity index (χ2v) is 5.56. The van der Waals surface area contributed by atoms with E-state index in [2.05, 4.69) is 21.2 Å². The summed E-state index contributed by atoms with van der Waals surface area (Å²) in [4.78, 5) is 12.0. The SMILES string of the molecule is O=C(Cc1ccccc1Br)CC1CCNCC1. The summed E-state index contributed by atoms with van der Waals surface area (Å²) < 4.78 is 1.04. The van der Waals surface area contributed by atoms with E-state index in [-0.39, 0.29) is 0 Å². The van der Waals surface area contributed by atoms with Gasteiger partial charge in [0.2, 0.25) is 0 Å². The van der Waals surface area contributed by atoms with Gasteiger partial charge in [-0.15, -0.1) is 0 Å². The fourth-order valence-electron chi connectivity index (χ4n) is 2.33. The van der Waals surface area contributed by atoms with E-state index in [1.807, 2.05) is 24.3 Å². The van der Waals surface area contributed by atoms with Crippen molar-refractivity contribution < 1.29 is 4.79 Å². The molecule has 0 unspecified atom stereocenters. The van der Waals surface area contributed by atoms with Gasteiger partial charge < -0.3 is 5.32 Å². The van der Waals surface area contributed by atoms with E-state index in [0.29, 0.717) is 18.1 Å². The van der Waals surface area contributed by atoms with Crippen LogP contribution in [0, 0.1) is 5.92 Å². The highest BCUT2D eigenvalue weighted by atomic mass is 79.9. The minimum absolute atomic E-state index is 0.365. The minimum Gasteiger partial charge on any atom is -0.317 e. The van der Waals surface area contributed by atoms with Crippen LogP contribution >= 0.6 is 15.9 Å². The number of nitrogens with one attached hydrogen (secondary N) is 1. The van der Waals surface area contributed by atoms with Crippen molar-refractivity contribution in [1.29, 1.82) is 0 Å². The maximum Gasteiger partial charge on any atom is 0.137 e. The lowest BCUT2D eigenvalue weighted by Gasteiger charge is -2.21. The molecule has 3 heteroatoms. The molecule has 1 aromatic rings. The third-order valence-electron chi connectivity index (χ3n) is 3.32. The molecule has 0 amide bonds. The number of benzene rings is 1. The molecule has 0 radical (unpaired) electrons. The lowest BCUT2D eigenvalue weighted by Crippen LogP contribution is -2.29. The number of carbonyl (C=O) groups is 1. The Kier molecular flexibility index (Phi) is 4.75. The zero-order valence-corrected chi connectivity index (χ0v) is 11.5. The predicted octanol–water partition coefficient (Wildman–Crippen LogP) is 2.95. The first-order chi connectivity index (χ1) is 8.25. The Morgan fingerprint density at radius 3 is 2.71 bits per heavy atom. The molecule has 1 N–H and O–H groups in total. The number of halogens is 1. The fourth-order valence-corrected chi connectivity index (χ4v) is 2.76. The van der Waals surface area contributed by atoms with Crippen molar-refractivity contribution in [2.24, 2.45) is 5.92 Å². The highest BCUT2D eigenvalue weighted by molar-refractivity contribution is 9.10. The maximum absolute atomic E-state index is 12.0. The van der Waals surface area contributed by atoms with Gasteiger partial charge in [-0.3, -0.25) is 4.79 Å². The van der Waals surface area contributed by atoms with Crippen LogP contribution in [-0.4, -0.2) is 18.9 Å². The molecule has 0 bridgehead atoms. The first-order valence-electron chi connectivity index (χ1n) is 6.21. The van der Waals surface area contributed by atoms with E-state index in [9.17, 15) is 4.79 Å². The predicted molar refractivity (Wildman–Crippen MR) is 73.1 cm³/mol. The summed E-state index contributed by atoms with van der Waals surface area (Å²) in [5.74, 6) is 0.954. The van der Waals surface area contributed by atoms with Gasteiger partial charge in [0.25, 0.3) is 0 Å². The van der Waals surface area contributed by atoms with Crippen molar-refractivity contribution in [2.45, 2.75) is 25.7 Å². The number of carbonyl (C=O) groups excluding carboxylic acids is 1. The van der Waals surface area contributed by atoms with E-state index < -0.39 is 0 Å². The van der Waals surface area contributed by atoms with Crippen LogP contribution in [0.5, 0.6) is 0 Å². The minimum atomic E-state index is 0.365. The van der Waals surface area contributed by atoms with E-state index in [1.165, 1.54) is 0 Å². The molecule has 0 atom stereocenters. The second kappa shape index (κ2) is 6.31. The van der Waals surface area contributed by atoms with Crippen LogP contribution in [0.4, 0.5) is 0 Å². The summed E-state index contributed by atoms with van der Waals surface area (Å²) in [5.41, 5.74) is 1.10. The monoisotopic (exact) mass is 295 g/mol. The van der Waals surface area contributed by atoms with Crippen LogP contribution in [0.25, 0.3) is 0 Å². The number of rotatable bonds is 4. The summed E-state index contributed by atoms with van der Waals surface area (Å²) in [6.07, 6.45) is 3.58. The number of hydrogen-bond acceptors (Lipinski definition) is 2. The topological polar surface area (TPSA) is 29.1 Å². The molecular formula is C14H18BrNO. The summed E-state index contributed by atoms with van der Waals surface area (Å²) >= 11 is 3.49. The van der Waals surface area contributed by atoms with Crippen LogP contribution in [0.2, 0.25) is 0 Å². The van der Waals surface area contributed by atoms with Crippen molar-refractivity contribution in [2.75, 3.05) is 13.1 Å². The average molecular weight is 296 g/mol. The molecular weight excluding hydrogens is 278 g/mol. The Morgan fingerprint density at radius 1 is 1.29 bits per heavy atom. The molecule has 0 aliphatic carbocycles. The van der Waals surface area contributed by atoms with E-state index in [1.54, 1.807) is 0 Å². The lowest BCUT2D eigenvalue weighted by molar-refractivity contribution is -0.119. The Labute approximate surface area is 111 Å². The molecule has 0 saturated carbocycles. The normalized spacial score (nSPS) is 17.0. The van der Waals surface area contributed by atoms with Gasteiger partial charge in [-0.25, -0.2) is 0 Å². The Bertz CT molecular complexity index is 386. The summed E-state index contributed by atoms with van der Waals surface area (Å²) in [6, 6.07) is 7.97. The molecule has 0 aromatic heterocycles. The summed E-state index contributed by atoms with van der Waals surface area (Å²) in [6.45, 7) is 2.12. The number of hydrogen-bond donors (Lipinski definition) is 1. The molecule has 0 spiro atoms. The van der Waals surface area contributed by atoms with Gasteiger partial charge >= 0.3 is 0 Å². The van der Waals surface area contributed by atoms with Gasteiger partial charge in [-0.1, -0.05) is 34.1 Å². The van der Waals surface area contributed by atoms with Crippen LogP contribution in [0.15, 0.2) is 28.7 Å². The standard InChI is InChI=1S/C14H18BrNO/c15-14-4-2-1-3-12(14)10-13(17)9-11-5-7-16-8-6-11/h1-4,11,16H,5-10H2. The van der Waals surface area contributed by atoms with Crippen molar-refractivity contribution in [3.05, 3.63) is 34.3 Å².